The van der Waals surface area contributed by atoms with Gasteiger partial charge in [0.2, 0.25) is 25.6 Å². The highest BCUT2D eigenvalue weighted by Gasteiger charge is 2.12. The molecular formula is C14H14N2O6. The van der Waals surface area contributed by atoms with Crippen molar-refractivity contribution in [2.45, 2.75) is 13.1 Å². The summed E-state index contributed by atoms with van der Waals surface area (Å²) in [6.45, 7) is -0.0972. The number of carbonyl (C=O) groups is 5. The van der Waals surface area contributed by atoms with Crippen LogP contribution in [0.15, 0.2) is 18.2 Å². The number of rotatable bonds is 9. The summed E-state index contributed by atoms with van der Waals surface area (Å²) in [6, 6.07) is 4.50. The van der Waals surface area contributed by atoms with E-state index in [9.17, 15) is 24.0 Å². The molecular weight excluding hydrogens is 292 g/mol. The lowest BCUT2D eigenvalue weighted by atomic mass is 10.0. The first-order chi connectivity index (χ1) is 10.6. The lowest BCUT2D eigenvalue weighted by Gasteiger charge is -2.14. The van der Waals surface area contributed by atoms with E-state index in [1.54, 1.807) is 6.07 Å². The van der Waals surface area contributed by atoms with E-state index in [2.05, 4.69) is 4.74 Å². The summed E-state index contributed by atoms with van der Waals surface area (Å²) >= 11 is 0. The third-order valence-electron chi connectivity index (χ3n) is 2.75. The molecule has 4 amide bonds. The van der Waals surface area contributed by atoms with Crippen molar-refractivity contribution in [3.63, 3.8) is 0 Å². The minimum Gasteiger partial charge on any atom is -0.465 e. The van der Waals surface area contributed by atoms with Gasteiger partial charge in [-0.25, -0.2) is 4.79 Å². The molecule has 0 heterocycles. The summed E-state index contributed by atoms with van der Waals surface area (Å²) in [5.74, 6) is -0.615. The highest BCUT2D eigenvalue weighted by molar-refractivity contribution is 5.89. The first-order valence-electron chi connectivity index (χ1n) is 6.11. The molecule has 0 atom stereocenters. The predicted molar refractivity (Wildman–Crippen MR) is 73.1 cm³/mol. The molecule has 8 nitrogen and oxygen atoms in total. The number of methoxy groups -OCH3 is 1. The molecule has 0 aliphatic heterocycles. The largest absolute Gasteiger partial charge is 0.465 e. The van der Waals surface area contributed by atoms with Gasteiger partial charge in [0.25, 0.3) is 0 Å². The van der Waals surface area contributed by atoms with Crippen LogP contribution in [-0.4, -0.2) is 48.5 Å². The number of hydrogen-bond donors (Lipinski definition) is 0. The van der Waals surface area contributed by atoms with Gasteiger partial charge in [0, 0.05) is 0 Å². The standard InChI is InChI=1S/C14H14N2O6/c1-22-14(21)13-3-11(5-15(7-17)8-18)2-12(4-13)6-16(9-19)10-20/h2-4,7-10H,5-6H2,1H3. The predicted octanol–water partition coefficient (Wildman–Crippen LogP) is -0.297. The monoisotopic (exact) mass is 306 g/mol. The summed E-state index contributed by atoms with van der Waals surface area (Å²) in [6.07, 6.45) is 1.39. The van der Waals surface area contributed by atoms with Gasteiger partial charge in [0.05, 0.1) is 25.8 Å². The molecule has 0 aliphatic carbocycles. The Balaban J connectivity index is 3.17. The molecule has 116 valence electrons. The topological polar surface area (TPSA) is 101 Å². The quantitative estimate of drug-likeness (QED) is 0.459. The van der Waals surface area contributed by atoms with E-state index in [1.165, 1.54) is 19.2 Å². The molecule has 0 aliphatic rings. The summed E-state index contributed by atoms with van der Waals surface area (Å²) in [5.41, 5.74) is 1.14. The lowest BCUT2D eigenvalue weighted by molar-refractivity contribution is -0.131. The van der Waals surface area contributed by atoms with Gasteiger partial charge in [-0.1, -0.05) is 6.07 Å². The zero-order valence-electron chi connectivity index (χ0n) is 11.8. The molecule has 0 saturated carbocycles. The number of benzene rings is 1. The van der Waals surface area contributed by atoms with Crippen molar-refractivity contribution >= 4 is 31.6 Å². The second-order valence-electron chi connectivity index (χ2n) is 4.30. The SMILES string of the molecule is COC(=O)c1cc(CN(C=O)C=O)cc(CN(C=O)C=O)c1. The number of amides is 4. The molecule has 0 aromatic heterocycles. The van der Waals surface area contributed by atoms with Crippen molar-refractivity contribution in [3.05, 3.63) is 34.9 Å². The average molecular weight is 306 g/mol. The Kier molecular flexibility index (Phi) is 6.42. The summed E-state index contributed by atoms with van der Waals surface area (Å²) in [4.78, 5) is 56.0. The van der Waals surface area contributed by atoms with Crippen molar-refractivity contribution < 1.29 is 28.7 Å². The van der Waals surface area contributed by atoms with Crippen molar-refractivity contribution in [2.75, 3.05) is 7.11 Å². The van der Waals surface area contributed by atoms with Crippen LogP contribution >= 0.6 is 0 Å². The molecule has 1 rings (SSSR count). The number of imide groups is 2. The fourth-order valence-electron chi connectivity index (χ4n) is 1.80. The second-order valence-corrected chi connectivity index (χ2v) is 4.30. The second kappa shape index (κ2) is 8.30. The Hall–Kier alpha value is -3.03. The lowest BCUT2D eigenvalue weighted by Crippen LogP contribution is -2.21. The molecule has 8 heteroatoms. The van der Waals surface area contributed by atoms with Gasteiger partial charge >= 0.3 is 5.97 Å². The average Bonchev–Trinajstić information content (AvgIpc) is 2.56. The van der Waals surface area contributed by atoms with E-state index < -0.39 is 5.97 Å². The van der Waals surface area contributed by atoms with E-state index in [4.69, 9.17) is 0 Å². The zero-order valence-corrected chi connectivity index (χ0v) is 11.8. The first-order valence-corrected chi connectivity index (χ1v) is 6.11. The summed E-state index contributed by atoms with van der Waals surface area (Å²) in [7, 11) is 1.21. The van der Waals surface area contributed by atoms with Crippen molar-refractivity contribution in [1.82, 2.24) is 9.80 Å². The summed E-state index contributed by atoms with van der Waals surface area (Å²) < 4.78 is 4.62. The van der Waals surface area contributed by atoms with Crippen LogP contribution in [0, 0.1) is 0 Å². The Morgan fingerprint density at radius 3 is 1.64 bits per heavy atom. The van der Waals surface area contributed by atoms with Crippen LogP contribution in [0.5, 0.6) is 0 Å². The minimum absolute atomic E-state index is 0.0486. The van der Waals surface area contributed by atoms with Crippen LogP contribution < -0.4 is 0 Å². The van der Waals surface area contributed by atoms with E-state index in [1.807, 2.05) is 0 Å². The van der Waals surface area contributed by atoms with Crippen LogP contribution in [0.3, 0.4) is 0 Å². The molecule has 0 bridgehead atoms. The third kappa shape index (κ3) is 4.51. The van der Waals surface area contributed by atoms with E-state index in [0.29, 0.717) is 36.8 Å². The van der Waals surface area contributed by atoms with Crippen LogP contribution in [0.25, 0.3) is 0 Å². The highest BCUT2D eigenvalue weighted by atomic mass is 16.5. The van der Waals surface area contributed by atoms with Crippen molar-refractivity contribution in [3.8, 4) is 0 Å². The van der Waals surface area contributed by atoms with Gasteiger partial charge < -0.3 is 4.74 Å². The zero-order chi connectivity index (χ0) is 16.5. The highest BCUT2D eigenvalue weighted by Crippen LogP contribution is 2.14. The van der Waals surface area contributed by atoms with Crippen LogP contribution in [0.2, 0.25) is 0 Å². The fourth-order valence-corrected chi connectivity index (χ4v) is 1.80. The van der Waals surface area contributed by atoms with Gasteiger partial charge in [-0.05, 0) is 23.3 Å². The van der Waals surface area contributed by atoms with Crippen LogP contribution in [0.1, 0.15) is 21.5 Å². The molecule has 0 spiro atoms. The Bertz CT molecular complexity index is 530. The van der Waals surface area contributed by atoms with Gasteiger partial charge in [-0.3, -0.25) is 29.0 Å². The van der Waals surface area contributed by atoms with E-state index in [-0.39, 0.29) is 18.7 Å². The molecule has 0 unspecified atom stereocenters. The molecule has 22 heavy (non-hydrogen) atoms. The number of nitrogens with zero attached hydrogens (tertiary/aromatic N) is 2. The van der Waals surface area contributed by atoms with Crippen LogP contribution in [-0.2, 0) is 37.0 Å². The molecule has 0 N–H and O–H groups in total. The normalized spacial score (nSPS) is 9.50. The van der Waals surface area contributed by atoms with E-state index >= 15 is 0 Å². The van der Waals surface area contributed by atoms with Crippen LogP contribution in [0.4, 0.5) is 0 Å². The molecule has 1 aromatic rings. The van der Waals surface area contributed by atoms with Gasteiger partial charge in [0.15, 0.2) is 0 Å². The maximum absolute atomic E-state index is 11.6. The fraction of sp³-hybridized carbons (Fsp3) is 0.214. The number of carbonyl (C=O) groups excluding carboxylic acids is 5. The number of esters is 1. The van der Waals surface area contributed by atoms with E-state index in [0.717, 1.165) is 9.80 Å². The summed E-state index contributed by atoms with van der Waals surface area (Å²) in [5, 5.41) is 0. The third-order valence-corrected chi connectivity index (χ3v) is 2.75. The maximum atomic E-state index is 11.6. The minimum atomic E-state index is -0.615. The Morgan fingerprint density at radius 1 is 0.909 bits per heavy atom. The first kappa shape index (κ1) is 17.0. The van der Waals surface area contributed by atoms with Gasteiger partial charge in [-0.15, -0.1) is 0 Å². The molecule has 0 radical (unpaired) electrons. The van der Waals surface area contributed by atoms with Gasteiger partial charge in [-0.2, -0.15) is 0 Å². The van der Waals surface area contributed by atoms with Crippen molar-refractivity contribution in [1.29, 1.82) is 0 Å². The Morgan fingerprint density at radius 2 is 1.32 bits per heavy atom. The van der Waals surface area contributed by atoms with Gasteiger partial charge in [0.1, 0.15) is 0 Å². The molecule has 0 saturated heterocycles. The molecule has 1 aromatic carbocycles. The number of ether oxygens (including phenoxy) is 1. The molecule has 0 fully saturated rings. The Labute approximate surface area is 126 Å². The smallest absolute Gasteiger partial charge is 0.337 e. The number of hydrogen-bond acceptors (Lipinski definition) is 6. The van der Waals surface area contributed by atoms with Crippen molar-refractivity contribution in [2.24, 2.45) is 0 Å². The maximum Gasteiger partial charge on any atom is 0.337 e.